The molecule has 1 aliphatic rings. The molecule has 7 nitrogen and oxygen atoms in total. The van der Waals surface area contributed by atoms with Gasteiger partial charge in [0, 0.05) is 18.7 Å². The van der Waals surface area contributed by atoms with Crippen LogP contribution in [0.1, 0.15) is 49.9 Å². The lowest BCUT2D eigenvalue weighted by molar-refractivity contribution is -0.146. The molecule has 2 rings (SSSR count). The van der Waals surface area contributed by atoms with E-state index in [2.05, 4.69) is 5.32 Å². The zero-order valence-corrected chi connectivity index (χ0v) is 17.1. The van der Waals surface area contributed by atoms with E-state index >= 15 is 0 Å². The minimum atomic E-state index is -3.79. The van der Waals surface area contributed by atoms with Gasteiger partial charge in [-0.3, -0.25) is 9.59 Å². The summed E-state index contributed by atoms with van der Waals surface area (Å²) >= 11 is 6.12. The summed E-state index contributed by atoms with van der Waals surface area (Å²) in [6.45, 7) is 4.00. The van der Waals surface area contributed by atoms with E-state index in [9.17, 15) is 18.0 Å². The molecule has 9 heteroatoms. The lowest BCUT2D eigenvalue weighted by Crippen LogP contribution is -2.33. The Balaban J connectivity index is 2.17. The van der Waals surface area contributed by atoms with Crippen LogP contribution in [0, 0.1) is 0 Å². The second-order valence-electron chi connectivity index (χ2n) is 6.68. The van der Waals surface area contributed by atoms with E-state index in [1.807, 2.05) is 0 Å². The molecule has 0 atom stereocenters. The standard InChI is InChI=1S/C18H25ClN2O5S/c1-13(2)26-17(22)12-20-18(23)14-7-8-15(19)16(11-14)27(24,25)21-9-5-3-4-6-10-21/h7-8,11,13H,3-6,9-10,12H2,1-2H3,(H,20,23). The monoisotopic (exact) mass is 416 g/mol. The van der Waals surface area contributed by atoms with E-state index in [1.165, 1.54) is 22.5 Å². The predicted octanol–water partition coefficient (Wildman–Crippen LogP) is 2.59. The summed E-state index contributed by atoms with van der Waals surface area (Å²) in [5, 5.41) is 2.49. The molecule has 0 radical (unpaired) electrons. The van der Waals surface area contributed by atoms with Crippen molar-refractivity contribution < 1.29 is 22.7 Å². The van der Waals surface area contributed by atoms with Gasteiger partial charge in [-0.15, -0.1) is 0 Å². The molecule has 1 saturated heterocycles. The van der Waals surface area contributed by atoms with Crippen LogP contribution in [-0.4, -0.2) is 50.3 Å². The number of esters is 1. The van der Waals surface area contributed by atoms with Gasteiger partial charge in [0.1, 0.15) is 11.4 Å². The van der Waals surface area contributed by atoms with Gasteiger partial charge in [0.05, 0.1) is 11.1 Å². The van der Waals surface area contributed by atoms with Crippen LogP contribution < -0.4 is 5.32 Å². The minimum absolute atomic E-state index is 0.0648. The molecule has 150 valence electrons. The van der Waals surface area contributed by atoms with E-state index in [0.717, 1.165) is 25.7 Å². The fraction of sp³-hybridized carbons (Fsp3) is 0.556. The van der Waals surface area contributed by atoms with Crippen LogP contribution in [0.15, 0.2) is 23.1 Å². The average Bonchev–Trinajstić information content (AvgIpc) is 2.89. The highest BCUT2D eigenvalue weighted by atomic mass is 35.5. The summed E-state index contributed by atoms with van der Waals surface area (Å²) < 4.78 is 32.3. The van der Waals surface area contributed by atoms with Crippen LogP contribution in [0.4, 0.5) is 0 Å². The van der Waals surface area contributed by atoms with E-state index < -0.39 is 21.9 Å². The second-order valence-corrected chi connectivity index (χ2v) is 9.00. The van der Waals surface area contributed by atoms with Crippen LogP contribution in [0.25, 0.3) is 0 Å². The third-order valence-corrected chi connectivity index (χ3v) is 6.52. The summed E-state index contributed by atoms with van der Waals surface area (Å²) in [6, 6.07) is 4.06. The van der Waals surface area contributed by atoms with Crippen LogP contribution >= 0.6 is 11.6 Å². The first-order chi connectivity index (χ1) is 12.7. The Kier molecular flexibility index (Phi) is 7.64. The average molecular weight is 417 g/mol. The first kappa shape index (κ1) is 21.7. The van der Waals surface area contributed by atoms with Crippen LogP contribution in [-0.2, 0) is 19.6 Å². The number of sulfonamides is 1. The number of hydrogen-bond donors (Lipinski definition) is 1. The van der Waals surface area contributed by atoms with E-state index in [0.29, 0.717) is 13.1 Å². The number of carbonyl (C=O) groups excluding carboxylic acids is 2. The highest BCUT2D eigenvalue weighted by molar-refractivity contribution is 7.89. The number of benzene rings is 1. The normalized spacial score (nSPS) is 16.0. The number of ether oxygens (including phenoxy) is 1. The van der Waals surface area contributed by atoms with Crippen molar-refractivity contribution in [2.45, 2.75) is 50.5 Å². The molecule has 1 aliphatic heterocycles. The highest BCUT2D eigenvalue weighted by Crippen LogP contribution is 2.27. The molecule has 0 aromatic heterocycles. The lowest BCUT2D eigenvalue weighted by Gasteiger charge is -2.21. The number of amides is 1. The Morgan fingerprint density at radius 1 is 1.19 bits per heavy atom. The molecule has 1 aromatic rings. The van der Waals surface area contributed by atoms with Gasteiger partial charge in [0.25, 0.3) is 5.91 Å². The molecule has 27 heavy (non-hydrogen) atoms. The molecule has 1 amide bonds. The maximum atomic E-state index is 13.0. The van der Waals surface area contributed by atoms with E-state index in [-0.39, 0.29) is 28.1 Å². The Bertz CT molecular complexity index is 787. The van der Waals surface area contributed by atoms with Crippen molar-refractivity contribution in [2.24, 2.45) is 0 Å². The van der Waals surface area contributed by atoms with Gasteiger partial charge < -0.3 is 10.1 Å². The molecule has 0 bridgehead atoms. The third kappa shape index (κ3) is 5.92. The van der Waals surface area contributed by atoms with Gasteiger partial charge in [-0.2, -0.15) is 4.31 Å². The number of nitrogens with zero attached hydrogens (tertiary/aromatic N) is 1. The van der Waals surface area contributed by atoms with Crippen molar-refractivity contribution in [3.63, 3.8) is 0 Å². The van der Waals surface area contributed by atoms with Gasteiger partial charge in [0.15, 0.2) is 0 Å². The SMILES string of the molecule is CC(C)OC(=O)CNC(=O)c1ccc(Cl)c(S(=O)(=O)N2CCCCCC2)c1. The zero-order valence-electron chi connectivity index (χ0n) is 15.5. The van der Waals surface area contributed by atoms with Gasteiger partial charge in [-0.25, -0.2) is 8.42 Å². The summed E-state index contributed by atoms with van der Waals surface area (Å²) in [4.78, 5) is 23.7. The Morgan fingerprint density at radius 3 is 2.41 bits per heavy atom. The fourth-order valence-electron chi connectivity index (χ4n) is 2.82. The summed E-state index contributed by atoms with van der Waals surface area (Å²) in [5.41, 5.74) is 0.116. The molecule has 0 unspecified atom stereocenters. The van der Waals surface area contributed by atoms with Crippen LogP contribution in [0.3, 0.4) is 0 Å². The molecule has 0 saturated carbocycles. The molecule has 0 spiro atoms. The largest absolute Gasteiger partial charge is 0.462 e. The fourth-order valence-corrected chi connectivity index (χ4v) is 4.84. The Hall–Kier alpha value is -1.64. The topological polar surface area (TPSA) is 92.8 Å². The van der Waals surface area contributed by atoms with Gasteiger partial charge >= 0.3 is 5.97 Å². The zero-order chi connectivity index (χ0) is 20.0. The van der Waals surface area contributed by atoms with Crippen LogP contribution in [0.5, 0.6) is 0 Å². The van der Waals surface area contributed by atoms with Gasteiger partial charge in [0.2, 0.25) is 10.0 Å². The Morgan fingerprint density at radius 2 is 1.81 bits per heavy atom. The molecule has 0 aliphatic carbocycles. The molecule has 1 aromatic carbocycles. The molecule has 1 heterocycles. The predicted molar refractivity (Wildman–Crippen MR) is 102 cm³/mol. The first-order valence-electron chi connectivity index (χ1n) is 8.99. The van der Waals surface area contributed by atoms with Crippen molar-refractivity contribution in [2.75, 3.05) is 19.6 Å². The quantitative estimate of drug-likeness (QED) is 0.719. The summed E-state index contributed by atoms with van der Waals surface area (Å²) in [5.74, 6) is -1.13. The van der Waals surface area contributed by atoms with Gasteiger partial charge in [-0.1, -0.05) is 24.4 Å². The number of hydrogen-bond acceptors (Lipinski definition) is 5. The van der Waals surface area contributed by atoms with Crippen molar-refractivity contribution in [1.29, 1.82) is 0 Å². The third-order valence-electron chi connectivity index (χ3n) is 4.14. The summed E-state index contributed by atoms with van der Waals surface area (Å²) in [7, 11) is -3.79. The molecular formula is C18H25ClN2O5S. The van der Waals surface area contributed by atoms with E-state index in [1.54, 1.807) is 13.8 Å². The maximum absolute atomic E-state index is 13.0. The first-order valence-corrected chi connectivity index (χ1v) is 10.8. The van der Waals surface area contributed by atoms with Crippen molar-refractivity contribution in [3.8, 4) is 0 Å². The smallest absolute Gasteiger partial charge is 0.325 e. The number of carbonyl (C=O) groups is 2. The molecule has 1 fully saturated rings. The van der Waals surface area contributed by atoms with Gasteiger partial charge in [-0.05, 0) is 44.9 Å². The number of nitrogens with one attached hydrogen (secondary N) is 1. The number of halogens is 1. The van der Waals surface area contributed by atoms with Crippen molar-refractivity contribution in [1.82, 2.24) is 9.62 Å². The molecule has 1 N–H and O–H groups in total. The van der Waals surface area contributed by atoms with E-state index in [4.69, 9.17) is 16.3 Å². The second kappa shape index (κ2) is 9.52. The minimum Gasteiger partial charge on any atom is -0.462 e. The number of rotatable bonds is 6. The maximum Gasteiger partial charge on any atom is 0.325 e. The summed E-state index contributed by atoms with van der Waals surface area (Å²) in [6.07, 6.45) is 3.31. The van der Waals surface area contributed by atoms with Crippen molar-refractivity contribution in [3.05, 3.63) is 28.8 Å². The molecular weight excluding hydrogens is 392 g/mol. The lowest BCUT2D eigenvalue weighted by atomic mass is 10.2. The highest BCUT2D eigenvalue weighted by Gasteiger charge is 2.28. The van der Waals surface area contributed by atoms with Crippen molar-refractivity contribution >= 4 is 33.5 Å². The Labute approximate surface area is 165 Å². The van der Waals surface area contributed by atoms with Crippen LogP contribution in [0.2, 0.25) is 5.02 Å².